The number of aryl methyl sites for hydroxylation is 1. The van der Waals surface area contributed by atoms with Crippen LogP contribution < -0.4 is 15.4 Å². The van der Waals surface area contributed by atoms with Crippen LogP contribution >= 0.6 is 0 Å². The molecular formula is C22H25N3O3. The lowest BCUT2D eigenvalue weighted by Gasteiger charge is -2.33. The molecule has 28 heavy (non-hydrogen) atoms. The Morgan fingerprint density at radius 1 is 1.07 bits per heavy atom. The molecule has 0 spiro atoms. The summed E-state index contributed by atoms with van der Waals surface area (Å²) in [6.45, 7) is 6.62. The Hall–Kier alpha value is -2.83. The molecule has 1 saturated heterocycles. The number of rotatable bonds is 4. The van der Waals surface area contributed by atoms with Gasteiger partial charge in [0.15, 0.2) is 11.5 Å². The third-order valence-electron chi connectivity index (χ3n) is 5.07. The van der Waals surface area contributed by atoms with Gasteiger partial charge in [-0.2, -0.15) is 0 Å². The van der Waals surface area contributed by atoms with Crippen LogP contribution in [0.4, 0.5) is 11.4 Å². The summed E-state index contributed by atoms with van der Waals surface area (Å²) in [6, 6.07) is 13.4. The average Bonchev–Trinajstić information content (AvgIpc) is 2.71. The molecule has 0 bridgehead atoms. The van der Waals surface area contributed by atoms with Gasteiger partial charge in [-0.1, -0.05) is 29.8 Å². The van der Waals surface area contributed by atoms with E-state index >= 15 is 0 Å². The smallest absolute Gasteiger partial charge is 0.294 e. The third-order valence-corrected chi connectivity index (χ3v) is 5.07. The first-order valence-corrected chi connectivity index (χ1v) is 9.58. The molecule has 2 aromatic carbocycles. The normalized spacial score (nSPS) is 18.8. The summed E-state index contributed by atoms with van der Waals surface area (Å²) in [5, 5.41) is 0. The van der Waals surface area contributed by atoms with Gasteiger partial charge < -0.3 is 20.1 Å². The SMILES string of the molecule is Cc1ccc(/C=C2/Oc3ccc(N)cc3N(CCN3CCOCC3)C2=O)cc1. The van der Waals surface area contributed by atoms with Crippen molar-refractivity contribution in [3.05, 3.63) is 59.4 Å². The van der Waals surface area contributed by atoms with Gasteiger partial charge >= 0.3 is 0 Å². The van der Waals surface area contributed by atoms with Crippen molar-refractivity contribution in [3.8, 4) is 5.75 Å². The summed E-state index contributed by atoms with van der Waals surface area (Å²) in [7, 11) is 0. The minimum Gasteiger partial charge on any atom is -0.449 e. The molecular weight excluding hydrogens is 354 g/mol. The van der Waals surface area contributed by atoms with Gasteiger partial charge in [-0.3, -0.25) is 9.69 Å². The Bertz CT molecular complexity index is 886. The number of fused-ring (bicyclic) bond motifs is 1. The highest BCUT2D eigenvalue weighted by Gasteiger charge is 2.30. The number of morpholine rings is 1. The van der Waals surface area contributed by atoms with E-state index in [-0.39, 0.29) is 5.91 Å². The highest BCUT2D eigenvalue weighted by molar-refractivity contribution is 6.10. The fourth-order valence-electron chi connectivity index (χ4n) is 3.43. The molecule has 2 heterocycles. The van der Waals surface area contributed by atoms with E-state index in [2.05, 4.69) is 4.90 Å². The Labute approximate surface area is 165 Å². The standard InChI is InChI=1S/C22H25N3O3/c1-16-2-4-17(5-3-16)14-21-22(26)25(9-8-24-10-12-27-13-11-24)19-15-18(23)6-7-20(19)28-21/h2-7,14-15H,8-13,23H2,1H3/b21-14+. The molecule has 1 fully saturated rings. The number of anilines is 2. The van der Waals surface area contributed by atoms with E-state index in [4.69, 9.17) is 15.2 Å². The molecule has 0 atom stereocenters. The van der Waals surface area contributed by atoms with Crippen LogP contribution in [0.5, 0.6) is 5.75 Å². The van der Waals surface area contributed by atoms with E-state index in [9.17, 15) is 4.79 Å². The molecule has 0 radical (unpaired) electrons. The number of carbonyl (C=O) groups is 1. The third kappa shape index (κ3) is 4.03. The topological polar surface area (TPSA) is 68.0 Å². The number of nitrogen functional groups attached to an aromatic ring is 1. The number of amides is 1. The Kier molecular flexibility index (Phi) is 5.32. The number of carbonyl (C=O) groups excluding carboxylic acids is 1. The van der Waals surface area contributed by atoms with Gasteiger partial charge in [0.2, 0.25) is 0 Å². The summed E-state index contributed by atoms with van der Waals surface area (Å²) in [5.74, 6) is 0.823. The zero-order chi connectivity index (χ0) is 19.5. The lowest BCUT2D eigenvalue weighted by molar-refractivity contribution is -0.117. The predicted molar refractivity (Wildman–Crippen MR) is 110 cm³/mol. The van der Waals surface area contributed by atoms with Crippen molar-refractivity contribution in [2.24, 2.45) is 0 Å². The van der Waals surface area contributed by atoms with E-state index in [0.717, 1.165) is 44.1 Å². The van der Waals surface area contributed by atoms with E-state index in [1.54, 1.807) is 23.1 Å². The summed E-state index contributed by atoms with van der Waals surface area (Å²) < 4.78 is 11.3. The fourth-order valence-corrected chi connectivity index (χ4v) is 3.43. The van der Waals surface area contributed by atoms with Crippen LogP contribution in [0.25, 0.3) is 6.08 Å². The van der Waals surface area contributed by atoms with Gasteiger partial charge in [0.05, 0.1) is 18.9 Å². The molecule has 2 N–H and O–H groups in total. The highest BCUT2D eigenvalue weighted by Crippen LogP contribution is 2.37. The van der Waals surface area contributed by atoms with Gasteiger partial charge in [-0.15, -0.1) is 0 Å². The first kappa shape index (κ1) is 18.5. The molecule has 0 saturated carbocycles. The van der Waals surface area contributed by atoms with Crippen LogP contribution in [0.15, 0.2) is 48.2 Å². The molecule has 0 aromatic heterocycles. The quantitative estimate of drug-likeness (QED) is 0.653. The second-order valence-electron chi connectivity index (χ2n) is 7.16. The van der Waals surface area contributed by atoms with Crippen molar-refractivity contribution in [1.29, 1.82) is 0 Å². The van der Waals surface area contributed by atoms with Gasteiger partial charge in [0.25, 0.3) is 5.91 Å². The van der Waals surface area contributed by atoms with Crippen LogP contribution in [0.2, 0.25) is 0 Å². The Morgan fingerprint density at radius 3 is 2.57 bits per heavy atom. The van der Waals surface area contributed by atoms with Gasteiger partial charge in [0.1, 0.15) is 0 Å². The zero-order valence-corrected chi connectivity index (χ0v) is 16.1. The summed E-state index contributed by atoms with van der Waals surface area (Å²) >= 11 is 0. The van der Waals surface area contributed by atoms with E-state index in [0.29, 0.717) is 23.7 Å². The molecule has 1 amide bonds. The van der Waals surface area contributed by atoms with Crippen LogP contribution in [0.1, 0.15) is 11.1 Å². The maximum Gasteiger partial charge on any atom is 0.294 e. The number of hydrogen-bond acceptors (Lipinski definition) is 5. The van der Waals surface area contributed by atoms with Crippen molar-refractivity contribution in [1.82, 2.24) is 4.90 Å². The molecule has 146 valence electrons. The molecule has 4 rings (SSSR count). The molecule has 6 nitrogen and oxygen atoms in total. The van der Waals surface area contributed by atoms with E-state index < -0.39 is 0 Å². The Balaban J connectivity index is 1.61. The lowest BCUT2D eigenvalue weighted by atomic mass is 10.1. The minimum absolute atomic E-state index is 0.146. The van der Waals surface area contributed by atoms with Gasteiger partial charge in [-0.05, 0) is 36.8 Å². The maximum atomic E-state index is 13.2. The van der Waals surface area contributed by atoms with Crippen LogP contribution in [0, 0.1) is 6.92 Å². The van der Waals surface area contributed by atoms with Crippen molar-refractivity contribution in [2.75, 3.05) is 50.0 Å². The molecule has 0 unspecified atom stereocenters. The van der Waals surface area contributed by atoms with Gasteiger partial charge in [-0.25, -0.2) is 0 Å². The molecule has 6 heteroatoms. The van der Waals surface area contributed by atoms with Gasteiger partial charge in [0, 0.05) is 31.9 Å². The number of nitrogens with two attached hydrogens (primary N) is 1. The molecule has 0 aliphatic carbocycles. The van der Waals surface area contributed by atoms with Crippen LogP contribution in [0.3, 0.4) is 0 Å². The molecule has 2 aliphatic heterocycles. The zero-order valence-electron chi connectivity index (χ0n) is 16.1. The maximum absolute atomic E-state index is 13.2. The summed E-state index contributed by atoms with van der Waals surface area (Å²) in [6.07, 6.45) is 1.79. The fraction of sp³-hybridized carbons (Fsp3) is 0.318. The highest BCUT2D eigenvalue weighted by atomic mass is 16.5. The lowest BCUT2D eigenvalue weighted by Crippen LogP contribution is -2.45. The summed E-state index contributed by atoms with van der Waals surface area (Å²) in [4.78, 5) is 17.3. The minimum atomic E-state index is -0.146. The monoisotopic (exact) mass is 379 g/mol. The van der Waals surface area contributed by atoms with Crippen molar-refractivity contribution >= 4 is 23.4 Å². The second-order valence-corrected chi connectivity index (χ2v) is 7.16. The summed E-state index contributed by atoms with van der Waals surface area (Å²) in [5.41, 5.74) is 9.40. The van der Waals surface area contributed by atoms with Crippen LogP contribution in [-0.4, -0.2) is 50.2 Å². The van der Waals surface area contributed by atoms with Crippen molar-refractivity contribution in [3.63, 3.8) is 0 Å². The van der Waals surface area contributed by atoms with Crippen LogP contribution in [-0.2, 0) is 9.53 Å². The molecule has 2 aliphatic rings. The first-order chi connectivity index (χ1) is 13.6. The van der Waals surface area contributed by atoms with Crippen molar-refractivity contribution < 1.29 is 14.3 Å². The Morgan fingerprint density at radius 2 is 1.82 bits per heavy atom. The number of benzene rings is 2. The largest absolute Gasteiger partial charge is 0.449 e. The first-order valence-electron chi connectivity index (χ1n) is 9.58. The molecule has 2 aromatic rings. The van der Waals surface area contributed by atoms with E-state index in [1.165, 1.54) is 5.56 Å². The second kappa shape index (κ2) is 8.04. The number of ether oxygens (including phenoxy) is 2. The predicted octanol–water partition coefficient (Wildman–Crippen LogP) is 2.68. The number of nitrogens with zero attached hydrogens (tertiary/aromatic N) is 2. The van der Waals surface area contributed by atoms with Crippen molar-refractivity contribution in [2.45, 2.75) is 6.92 Å². The average molecular weight is 379 g/mol. The number of hydrogen-bond donors (Lipinski definition) is 1. The van der Waals surface area contributed by atoms with E-state index in [1.807, 2.05) is 37.3 Å².